The molecule has 0 spiro atoms. The van der Waals surface area contributed by atoms with E-state index in [1.807, 2.05) is 0 Å². The van der Waals surface area contributed by atoms with Gasteiger partial charge in [0.15, 0.2) is 0 Å². The number of imidazole rings is 2. The highest BCUT2D eigenvalue weighted by molar-refractivity contribution is 5.95. The van der Waals surface area contributed by atoms with Crippen molar-refractivity contribution in [1.82, 2.24) is 19.9 Å². The summed E-state index contributed by atoms with van der Waals surface area (Å²) >= 11 is 0. The predicted octanol–water partition coefficient (Wildman–Crippen LogP) is 3.54. The third-order valence-corrected chi connectivity index (χ3v) is 4.79. The van der Waals surface area contributed by atoms with E-state index in [0.717, 1.165) is 31.4 Å². The van der Waals surface area contributed by atoms with Crippen LogP contribution in [-0.4, -0.2) is 25.8 Å². The molecule has 1 aromatic carbocycles. The average Bonchev–Trinajstić information content (AvgIpc) is 3.28. The third kappa shape index (κ3) is 3.26. The zero-order valence-electron chi connectivity index (χ0n) is 13.8. The van der Waals surface area contributed by atoms with Gasteiger partial charge in [-0.2, -0.15) is 0 Å². The fraction of sp³-hybridized carbons (Fsp3) is 0.389. The number of fused-ring (bicyclic) bond motifs is 1. The lowest BCUT2D eigenvalue weighted by atomic mass is 9.88. The van der Waals surface area contributed by atoms with Crippen molar-refractivity contribution in [1.29, 1.82) is 0 Å². The van der Waals surface area contributed by atoms with Crippen molar-refractivity contribution >= 4 is 22.9 Å². The second-order valence-corrected chi connectivity index (χ2v) is 6.56. The fourth-order valence-corrected chi connectivity index (χ4v) is 3.46. The molecule has 2 heterocycles. The number of rotatable bonds is 4. The van der Waals surface area contributed by atoms with Crippen molar-refractivity contribution in [2.45, 2.75) is 38.6 Å². The number of aromatic amines is 2. The molecule has 1 saturated carbocycles. The van der Waals surface area contributed by atoms with E-state index in [-0.39, 0.29) is 17.6 Å². The number of nitrogens with one attached hydrogen (secondary N) is 2. The van der Waals surface area contributed by atoms with Gasteiger partial charge in [0.2, 0.25) is 11.9 Å². The zero-order chi connectivity index (χ0) is 17.2. The van der Waals surface area contributed by atoms with Gasteiger partial charge >= 0.3 is 0 Å². The van der Waals surface area contributed by atoms with Crippen LogP contribution in [0.15, 0.2) is 30.7 Å². The Bertz CT molecular complexity index is 867. The minimum Gasteiger partial charge on any atom is -0.347 e. The number of carbonyl (C=O) groups excluding carboxylic acids is 1. The first-order valence-corrected chi connectivity index (χ1v) is 8.64. The first kappa shape index (κ1) is 15.8. The maximum absolute atomic E-state index is 13.5. The molecule has 0 atom stereocenters. The number of benzene rings is 1. The molecule has 0 aliphatic heterocycles. The van der Waals surface area contributed by atoms with Crippen molar-refractivity contribution in [3.63, 3.8) is 0 Å². The van der Waals surface area contributed by atoms with E-state index < -0.39 is 0 Å². The highest BCUT2D eigenvalue weighted by Crippen LogP contribution is 2.28. The van der Waals surface area contributed by atoms with E-state index >= 15 is 0 Å². The fourth-order valence-electron chi connectivity index (χ4n) is 3.46. The standard InChI is InChI=1S/C18H20FN5O/c19-13-6-7-15-16(8-13)23-18(22-15)24(10-14-9-20-11-21-14)17(25)12-4-2-1-3-5-12/h6-9,11-12H,1-5,10H2,(H,20,21)(H,22,23). The quantitative estimate of drug-likeness (QED) is 0.762. The number of halogens is 1. The number of H-pyrrole nitrogens is 2. The van der Waals surface area contributed by atoms with E-state index in [0.29, 0.717) is 23.5 Å². The van der Waals surface area contributed by atoms with Crippen LogP contribution < -0.4 is 4.90 Å². The monoisotopic (exact) mass is 341 g/mol. The van der Waals surface area contributed by atoms with Crippen molar-refractivity contribution in [2.75, 3.05) is 4.90 Å². The highest BCUT2D eigenvalue weighted by atomic mass is 19.1. The summed E-state index contributed by atoms with van der Waals surface area (Å²) in [6.45, 7) is 0.359. The summed E-state index contributed by atoms with van der Waals surface area (Å²) in [6.07, 6.45) is 8.46. The number of nitrogens with zero attached hydrogens (tertiary/aromatic N) is 3. The molecule has 1 amide bonds. The van der Waals surface area contributed by atoms with Gasteiger partial charge in [-0.25, -0.2) is 14.4 Å². The molecule has 130 valence electrons. The number of aromatic nitrogens is 4. The molecule has 2 N–H and O–H groups in total. The maximum Gasteiger partial charge on any atom is 0.232 e. The lowest BCUT2D eigenvalue weighted by Gasteiger charge is -2.27. The van der Waals surface area contributed by atoms with Gasteiger partial charge in [0.25, 0.3) is 0 Å². The molecule has 1 fully saturated rings. The Morgan fingerprint density at radius 1 is 1.28 bits per heavy atom. The topological polar surface area (TPSA) is 77.7 Å². The van der Waals surface area contributed by atoms with Crippen LogP contribution in [0.3, 0.4) is 0 Å². The van der Waals surface area contributed by atoms with Gasteiger partial charge in [-0.15, -0.1) is 0 Å². The van der Waals surface area contributed by atoms with Crippen molar-refractivity contribution < 1.29 is 9.18 Å². The van der Waals surface area contributed by atoms with E-state index in [1.165, 1.54) is 18.6 Å². The average molecular weight is 341 g/mol. The number of hydrogen-bond donors (Lipinski definition) is 2. The molecule has 0 unspecified atom stereocenters. The van der Waals surface area contributed by atoms with Gasteiger partial charge in [0.05, 0.1) is 29.6 Å². The number of anilines is 1. The Labute approximate surface area is 144 Å². The third-order valence-electron chi connectivity index (χ3n) is 4.79. The summed E-state index contributed by atoms with van der Waals surface area (Å²) in [4.78, 5) is 29.4. The van der Waals surface area contributed by atoms with Gasteiger partial charge in [0, 0.05) is 12.1 Å². The molecular formula is C18H20FN5O. The molecule has 1 aliphatic carbocycles. The largest absolute Gasteiger partial charge is 0.347 e. The SMILES string of the molecule is O=C(C1CCCCC1)N(Cc1cnc[nH]1)c1nc2ccc(F)cc2[nH]1. The second-order valence-electron chi connectivity index (χ2n) is 6.56. The van der Waals surface area contributed by atoms with Crippen LogP contribution in [0.2, 0.25) is 0 Å². The van der Waals surface area contributed by atoms with Crippen LogP contribution in [0.25, 0.3) is 11.0 Å². The van der Waals surface area contributed by atoms with Crippen LogP contribution >= 0.6 is 0 Å². The molecule has 0 saturated heterocycles. The smallest absolute Gasteiger partial charge is 0.232 e. The predicted molar refractivity (Wildman–Crippen MR) is 92.4 cm³/mol. The van der Waals surface area contributed by atoms with Gasteiger partial charge in [-0.3, -0.25) is 9.69 Å². The summed E-state index contributed by atoms with van der Waals surface area (Å²) in [5, 5.41) is 0. The molecule has 6 nitrogen and oxygen atoms in total. The Hall–Kier alpha value is -2.70. The van der Waals surface area contributed by atoms with E-state index in [2.05, 4.69) is 19.9 Å². The summed E-state index contributed by atoms with van der Waals surface area (Å²) in [6, 6.07) is 4.38. The zero-order valence-corrected chi connectivity index (χ0v) is 13.8. The first-order chi connectivity index (χ1) is 12.2. The minimum absolute atomic E-state index is 0.0154. The number of carbonyl (C=O) groups is 1. The van der Waals surface area contributed by atoms with Crippen molar-refractivity contribution in [3.8, 4) is 0 Å². The molecule has 7 heteroatoms. The first-order valence-electron chi connectivity index (χ1n) is 8.64. The van der Waals surface area contributed by atoms with Crippen molar-refractivity contribution in [2.24, 2.45) is 5.92 Å². The Morgan fingerprint density at radius 3 is 2.88 bits per heavy atom. The molecule has 0 bridgehead atoms. The Balaban J connectivity index is 1.68. The molecule has 0 radical (unpaired) electrons. The summed E-state index contributed by atoms with van der Waals surface area (Å²) in [7, 11) is 0. The van der Waals surface area contributed by atoms with Crippen LogP contribution in [-0.2, 0) is 11.3 Å². The molecule has 3 aromatic rings. The Kier molecular flexibility index (Phi) is 4.21. The lowest BCUT2D eigenvalue weighted by molar-refractivity contribution is -0.123. The van der Waals surface area contributed by atoms with Gasteiger partial charge in [0.1, 0.15) is 5.82 Å². The minimum atomic E-state index is -0.332. The van der Waals surface area contributed by atoms with E-state index in [9.17, 15) is 9.18 Å². The van der Waals surface area contributed by atoms with E-state index in [1.54, 1.807) is 23.5 Å². The number of hydrogen-bond acceptors (Lipinski definition) is 3. The molecule has 25 heavy (non-hydrogen) atoms. The molecular weight excluding hydrogens is 321 g/mol. The van der Waals surface area contributed by atoms with Crippen molar-refractivity contribution in [3.05, 3.63) is 42.2 Å². The second kappa shape index (κ2) is 6.66. The van der Waals surface area contributed by atoms with Crippen LogP contribution in [0, 0.1) is 11.7 Å². The molecule has 1 aliphatic rings. The highest BCUT2D eigenvalue weighted by Gasteiger charge is 2.29. The lowest BCUT2D eigenvalue weighted by Crippen LogP contribution is -2.37. The van der Waals surface area contributed by atoms with Gasteiger partial charge < -0.3 is 9.97 Å². The summed E-state index contributed by atoms with van der Waals surface area (Å²) in [5.74, 6) is 0.197. The van der Waals surface area contributed by atoms with Gasteiger partial charge in [-0.1, -0.05) is 19.3 Å². The van der Waals surface area contributed by atoms with Crippen LogP contribution in [0.1, 0.15) is 37.8 Å². The summed E-state index contributed by atoms with van der Waals surface area (Å²) in [5.41, 5.74) is 2.05. The van der Waals surface area contributed by atoms with Crippen LogP contribution in [0.5, 0.6) is 0 Å². The Morgan fingerprint density at radius 2 is 2.12 bits per heavy atom. The molecule has 4 rings (SSSR count). The van der Waals surface area contributed by atoms with E-state index in [4.69, 9.17) is 0 Å². The summed E-state index contributed by atoms with van der Waals surface area (Å²) < 4.78 is 13.5. The molecule has 2 aromatic heterocycles. The number of amides is 1. The normalized spacial score (nSPS) is 15.6. The van der Waals surface area contributed by atoms with Gasteiger partial charge in [-0.05, 0) is 31.0 Å². The van der Waals surface area contributed by atoms with Crippen LogP contribution in [0.4, 0.5) is 10.3 Å². The maximum atomic E-state index is 13.5.